The summed E-state index contributed by atoms with van der Waals surface area (Å²) >= 11 is 0. The van der Waals surface area contributed by atoms with Crippen LogP contribution in [0.3, 0.4) is 0 Å². The third-order valence-electron chi connectivity index (χ3n) is 5.09. The van der Waals surface area contributed by atoms with Crippen LogP contribution in [0, 0.1) is 0 Å². The number of amides is 2. The number of urea groups is 1. The van der Waals surface area contributed by atoms with E-state index in [9.17, 15) is 4.79 Å². The largest absolute Gasteiger partial charge is 0.494 e. The summed E-state index contributed by atoms with van der Waals surface area (Å²) < 4.78 is 17.8. The highest BCUT2D eigenvalue weighted by Crippen LogP contribution is 2.36. The highest BCUT2D eigenvalue weighted by Gasteiger charge is 2.51. The van der Waals surface area contributed by atoms with Gasteiger partial charge in [0.15, 0.2) is 0 Å². The molecule has 1 fully saturated rings. The molecule has 0 spiro atoms. The van der Waals surface area contributed by atoms with Crippen molar-refractivity contribution < 1.29 is 18.8 Å². The Bertz CT molecular complexity index is 778. The van der Waals surface area contributed by atoms with Crippen LogP contribution in [0.2, 0.25) is 0 Å². The summed E-state index contributed by atoms with van der Waals surface area (Å²) in [6.07, 6.45) is 0. The van der Waals surface area contributed by atoms with E-state index in [4.69, 9.17) is 14.0 Å². The van der Waals surface area contributed by atoms with Gasteiger partial charge in [0.25, 0.3) is 0 Å². The van der Waals surface area contributed by atoms with E-state index in [0.717, 1.165) is 16.9 Å². The van der Waals surface area contributed by atoms with Gasteiger partial charge in [-0.05, 0) is 57.4 Å². The molecule has 0 radical (unpaired) electrons. The average Bonchev–Trinajstić information content (AvgIpc) is 2.87. The third-order valence-corrected chi connectivity index (χ3v) is 5.09. The maximum Gasteiger partial charge on any atom is 0.494 e. The molecule has 2 aromatic rings. The molecular formula is C21H27BN2O4. The minimum atomic E-state index is -0.387. The Morgan fingerprint density at radius 3 is 2.18 bits per heavy atom. The van der Waals surface area contributed by atoms with E-state index in [-0.39, 0.29) is 24.4 Å². The predicted octanol–water partition coefficient (Wildman–Crippen LogP) is 3.19. The summed E-state index contributed by atoms with van der Waals surface area (Å²) in [6, 6.07) is 16.7. The van der Waals surface area contributed by atoms with Crippen LogP contribution in [0.1, 0.15) is 27.7 Å². The summed E-state index contributed by atoms with van der Waals surface area (Å²) in [5.74, 6) is 0.727. The first-order valence-electron chi connectivity index (χ1n) is 9.45. The van der Waals surface area contributed by atoms with Crippen LogP contribution in [-0.2, 0) is 9.31 Å². The molecule has 7 heteroatoms. The van der Waals surface area contributed by atoms with E-state index in [1.165, 1.54) is 0 Å². The van der Waals surface area contributed by atoms with Crippen LogP contribution >= 0.6 is 0 Å². The SMILES string of the molecule is CC1(C)OB(c2ccc(OCCNC(=O)Nc3ccccc3)cc2)OC1(C)C. The molecule has 1 aliphatic rings. The number of rotatable bonds is 6. The zero-order chi connectivity index (χ0) is 20.2. The van der Waals surface area contributed by atoms with E-state index in [2.05, 4.69) is 10.6 Å². The molecule has 0 unspecified atom stereocenters. The Morgan fingerprint density at radius 2 is 1.57 bits per heavy atom. The molecule has 0 bridgehead atoms. The van der Waals surface area contributed by atoms with Gasteiger partial charge >= 0.3 is 13.1 Å². The lowest BCUT2D eigenvalue weighted by atomic mass is 9.79. The number of hydrogen-bond donors (Lipinski definition) is 2. The second-order valence-corrected chi connectivity index (χ2v) is 7.75. The summed E-state index contributed by atoms with van der Waals surface area (Å²) in [5, 5.41) is 5.52. The maximum absolute atomic E-state index is 11.8. The summed E-state index contributed by atoms with van der Waals surface area (Å²) in [6.45, 7) is 8.91. The standard InChI is InChI=1S/C21H27BN2O4/c1-20(2)21(3,4)28-22(27-20)16-10-12-18(13-11-16)26-15-14-23-19(25)24-17-8-6-5-7-9-17/h5-13H,14-15H2,1-4H3,(H2,23,24,25). The lowest BCUT2D eigenvalue weighted by Crippen LogP contribution is -2.41. The first-order chi connectivity index (χ1) is 13.3. The molecule has 6 nitrogen and oxygen atoms in total. The van der Waals surface area contributed by atoms with Crippen LogP contribution < -0.4 is 20.8 Å². The smallest absolute Gasteiger partial charge is 0.492 e. The van der Waals surface area contributed by atoms with Gasteiger partial charge in [0.1, 0.15) is 12.4 Å². The van der Waals surface area contributed by atoms with E-state index in [0.29, 0.717) is 13.2 Å². The van der Waals surface area contributed by atoms with E-state index in [1.54, 1.807) is 0 Å². The molecule has 28 heavy (non-hydrogen) atoms. The normalized spacial score (nSPS) is 17.2. The molecule has 1 aliphatic heterocycles. The molecule has 0 saturated carbocycles. The number of hydrogen-bond acceptors (Lipinski definition) is 4. The fourth-order valence-corrected chi connectivity index (χ4v) is 2.73. The summed E-state index contributed by atoms with van der Waals surface area (Å²) in [5.41, 5.74) is 0.975. The van der Waals surface area contributed by atoms with Gasteiger partial charge < -0.3 is 24.7 Å². The first-order valence-corrected chi connectivity index (χ1v) is 9.45. The Kier molecular flexibility index (Phi) is 5.96. The highest BCUT2D eigenvalue weighted by atomic mass is 16.7. The monoisotopic (exact) mass is 382 g/mol. The fraction of sp³-hybridized carbons (Fsp3) is 0.381. The van der Waals surface area contributed by atoms with Crippen LogP contribution in [-0.4, -0.2) is 37.5 Å². The Hall–Kier alpha value is -2.51. The van der Waals surface area contributed by atoms with Gasteiger partial charge in [-0.3, -0.25) is 0 Å². The second kappa shape index (κ2) is 8.25. The molecule has 2 N–H and O–H groups in total. The Morgan fingerprint density at radius 1 is 0.964 bits per heavy atom. The molecule has 0 atom stereocenters. The lowest BCUT2D eigenvalue weighted by Gasteiger charge is -2.32. The van der Waals surface area contributed by atoms with Crippen molar-refractivity contribution in [2.75, 3.05) is 18.5 Å². The van der Waals surface area contributed by atoms with E-state index >= 15 is 0 Å². The van der Waals surface area contributed by atoms with Crippen molar-refractivity contribution >= 4 is 24.3 Å². The molecule has 1 saturated heterocycles. The zero-order valence-corrected chi connectivity index (χ0v) is 16.8. The van der Waals surface area contributed by atoms with Crippen molar-refractivity contribution in [2.24, 2.45) is 0 Å². The van der Waals surface area contributed by atoms with Gasteiger partial charge in [-0.25, -0.2) is 4.79 Å². The molecule has 2 amide bonds. The van der Waals surface area contributed by atoms with Gasteiger partial charge in [-0.1, -0.05) is 30.3 Å². The van der Waals surface area contributed by atoms with Crippen LogP contribution in [0.15, 0.2) is 54.6 Å². The van der Waals surface area contributed by atoms with Crippen molar-refractivity contribution in [1.29, 1.82) is 0 Å². The van der Waals surface area contributed by atoms with Crippen LogP contribution in [0.25, 0.3) is 0 Å². The lowest BCUT2D eigenvalue weighted by molar-refractivity contribution is 0.00578. The quantitative estimate of drug-likeness (QED) is 0.595. The Labute approximate surface area is 166 Å². The number of ether oxygens (including phenoxy) is 1. The van der Waals surface area contributed by atoms with Gasteiger partial charge in [0.2, 0.25) is 0 Å². The molecular weight excluding hydrogens is 355 g/mol. The highest BCUT2D eigenvalue weighted by molar-refractivity contribution is 6.62. The number of para-hydroxylation sites is 1. The van der Waals surface area contributed by atoms with Gasteiger partial charge in [-0.15, -0.1) is 0 Å². The van der Waals surface area contributed by atoms with Crippen molar-refractivity contribution in [2.45, 2.75) is 38.9 Å². The average molecular weight is 382 g/mol. The van der Waals surface area contributed by atoms with Crippen LogP contribution in [0.5, 0.6) is 5.75 Å². The van der Waals surface area contributed by atoms with Crippen molar-refractivity contribution in [3.8, 4) is 5.75 Å². The predicted molar refractivity (Wildman–Crippen MR) is 111 cm³/mol. The van der Waals surface area contributed by atoms with E-state index in [1.807, 2.05) is 82.3 Å². The second-order valence-electron chi connectivity index (χ2n) is 7.75. The third kappa shape index (κ3) is 4.85. The molecule has 0 aromatic heterocycles. The van der Waals surface area contributed by atoms with Crippen LogP contribution in [0.4, 0.5) is 10.5 Å². The maximum atomic E-state index is 11.8. The minimum Gasteiger partial charge on any atom is -0.492 e. The van der Waals surface area contributed by atoms with Crippen molar-refractivity contribution in [1.82, 2.24) is 5.32 Å². The topological polar surface area (TPSA) is 68.8 Å². The molecule has 0 aliphatic carbocycles. The van der Waals surface area contributed by atoms with E-state index < -0.39 is 0 Å². The summed E-state index contributed by atoms with van der Waals surface area (Å²) in [4.78, 5) is 11.8. The molecule has 148 valence electrons. The Balaban J connectivity index is 1.42. The zero-order valence-electron chi connectivity index (χ0n) is 16.8. The van der Waals surface area contributed by atoms with Gasteiger partial charge in [-0.2, -0.15) is 0 Å². The molecule has 3 rings (SSSR count). The number of nitrogens with one attached hydrogen (secondary N) is 2. The summed E-state index contributed by atoms with van der Waals surface area (Å²) in [7, 11) is -0.387. The first kappa shape index (κ1) is 20.2. The minimum absolute atomic E-state index is 0.258. The number of anilines is 1. The van der Waals surface area contributed by atoms with Gasteiger partial charge in [0.05, 0.1) is 17.7 Å². The molecule has 2 aromatic carbocycles. The fourth-order valence-electron chi connectivity index (χ4n) is 2.73. The number of benzene rings is 2. The van der Waals surface area contributed by atoms with Crippen molar-refractivity contribution in [3.63, 3.8) is 0 Å². The van der Waals surface area contributed by atoms with Gasteiger partial charge in [0, 0.05) is 5.69 Å². The van der Waals surface area contributed by atoms with Crippen molar-refractivity contribution in [3.05, 3.63) is 54.6 Å². The molecule has 1 heterocycles. The number of carbonyl (C=O) groups excluding carboxylic acids is 1. The number of carbonyl (C=O) groups is 1.